The van der Waals surface area contributed by atoms with Crippen molar-refractivity contribution in [2.24, 2.45) is 5.92 Å². The molecular formula is C15H17FN2O2. The Hall–Kier alpha value is -1.91. The van der Waals surface area contributed by atoms with Gasteiger partial charge in [-0.1, -0.05) is 0 Å². The molecule has 1 saturated heterocycles. The number of halogens is 1. The van der Waals surface area contributed by atoms with Crippen LogP contribution in [-0.4, -0.2) is 35.8 Å². The molecule has 106 valence electrons. The first-order chi connectivity index (χ1) is 9.58. The van der Waals surface area contributed by atoms with Crippen molar-refractivity contribution in [3.63, 3.8) is 0 Å². The fraction of sp³-hybridized carbons (Fsp3) is 0.467. The Bertz CT molecular complexity index is 539. The van der Waals surface area contributed by atoms with Gasteiger partial charge in [-0.05, 0) is 44.0 Å². The third-order valence-corrected chi connectivity index (χ3v) is 4.00. The van der Waals surface area contributed by atoms with E-state index in [0.29, 0.717) is 18.8 Å². The minimum atomic E-state index is -0.443. The Morgan fingerprint density at radius 3 is 2.45 bits per heavy atom. The van der Waals surface area contributed by atoms with Crippen molar-refractivity contribution in [1.82, 2.24) is 4.90 Å². The molecule has 1 saturated carbocycles. The topological polar surface area (TPSA) is 40.6 Å². The summed E-state index contributed by atoms with van der Waals surface area (Å²) >= 11 is 0. The average Bonchev–Trinajstić information content (AvgIpc) is 3.27. The number of nitrogens with zero attached hydrogens (tertiary/aromatic N) is 2. The largest absolute Gasteiger partial charge is 0.329 e. The van der Waals surface area contributed by atoms with Crippen molar-refractivity contribution >= 4 is 17.5 Å². The SMILES string of the molecule is CC1C(=O)N(c2ccc(F)cc2)CCN1C(=O)C1CC1. The minimum Gasteiger partial charge on any atom is -0.329 e. The van der Waals surface area contributed by atoms with E-state index in [1.165, 1.54) is 12.1 Å². The molecule has 0 spiro atoms. The molecule has 5 heteroatoms. The summed E-state index contributed by atoms with van der Waals surface area (Å²) in [6, 6.07) is 5.43. The summed E-state index contributed by atoms with van der Waals surface area (Å²) in [6.07, 6.45) is 1.88. The van der Waals surface area contributed by atoms with E-state index in [2.05, 4.69) is 0 Å². The minimum absolute atomic E-state index is 0.100. The number of amides is 2. The molecule has 3 rings (SSSR count). The predicted molar refractivity (Wildman–Crippen MR) is 72.7 cm³/mol. The first-order valence-electron chi connectivity index (χ1n) is 6.95. The van der Waals surface area contributed by atoms with Crippen LogP contribution < -0.4 is 4.90 Å². The van der Waals surface area contributed by atoms with Gasteiger partial charge in [0, 0.05) is 24.7 Å². The number of rotatable bonds is 2. The molecule has 1 atom stereocenters. The predicted octanol–water partition coefficient (Wildman–Crippen LogP) is 1.80. The first-order valence-corrected chi connectivity index (χ1v) is 6.95. The van der Waals surface area contributed by atoms with Gasteiger partial charge in [-0.15, -0.1) is 0 Å². The fourth-order valence-electron chi connectivity index (χ4n) is 2.61. The molecule has 2 amide bonds. The van der Waals surface area contributed by atoms with Crippen LogP contribution >= 0.6 is 0 Å². The van der Waals surface area contributed by atoms with Crippen LogP contribution in [0.5, 0.6) is 0 Å². The molecule has 1 aromatic carbocycles. The van der Waals surface area contributed by atoms with Gasteiger partial charge < -0.3 is 9.80 Å². The molecule has 20 heavy (non-hydrogen) atoms. The highest BCUT2D eigenvalue weighted by Crippen LogP contribution is 2.32. The van der Waals surface area contributed by atoms with Crippen LogP contribution in [0.3, 0.4) is 0 Å². The van der Waals surface area contributed by atoms with Crippen LogP contribution in [0.4, 0.5) is 10.1 Å². The summed E-state index contributed by atoms with van der Waals surface area (Å²) in [6.45, 7) is 2.77. The number of carbonyl (C=O) groups is 2. The van der Waals surface area contributed by atoms with Crippen LogP contribution in [0.25, 0.3) is 0 Å². The normalized spacial score (nSPS) is 23.1. The van der Waals surface area contributed by atoms with Gasteiger partial charge in [0.25, 0.3) is 0 Å². The first kappa shape index (κ1) is 13.1. The molecule has 0 N–H and O–H groups in total. The van der Waals surface area contributed by atoms with Crippen molar-refractivity contribution in [3.8, 4) is 0 Å². The molecule has 1 heterocycles. The lowest BCUT2D eigenvalue weighted by Crippen LogP contribution is -2.58. The summed E-state index contributed by atoms with van der Waals surface area (Å²) in [5.41, 5.74) is 0.682. The van der Waals surface area contributed by atoms with Gasteiger partial charge in [0.05, 0.1) is 0 Å². The number of piperazine rings is 1. The zero-order chi connectivity index (χ0) is 14.3. The van der Waals surface area contributed by atoms with Gasteiger partial charge >= 0.3 is 0 Å². The highest BCUT2D eigenvalue weighted by atomic mass is 19.1. The number of anilines is 1. The van der Waals surface area contributed by atoms with Gasteiger partial charge in [-0.25, -0.2) is 4.39 Å². The quantitative estimate of drug-likeness (QED) is 0.826. The lowest BCUT2D eigenvalue weighted by Gasteiger charge is -2.39. The Morgan fingerprint density at radius 2 is 1.85 bits per heavy atom. The molecule has 2 fully saturated rings. The molecular weight excluding hydrogens is 259 g/mol. The third-order valence-electron chi connectivity index (χ3n) is 4.00. The van der Waals surface area contributed by atoms with Crippen LogP contribution in [0.15, 0.2) is 24.3 Å². The maximum absolute atomic E-state index is 12.9. The maximum Gasteiger partial charge on any atom is 0.249 e. The molecule has 1 aromatic rings. The lowest BCUT2D eigenvalue weighted by molar-refractivity contribution is -0.141. The average molecular weight is 276 g/mol. The smallest absolute Gasteiger partial charge is 0.249 e. The zero-order valence-electron chi connectivity index (χ0n) is 11.4. The van der Waals surface area contributed by atoms with Crippen molar-refractivity contribution in [2.45, 2.75) is 25.8 Å². The maximum atomic E-state index is 12.9. The molecule has 4 nitrogen and oxygen atoms in total. The zero-order valence-corrected chi connectivity index (χ0v) is 11.4. The molecule has 0 radical (unpaired) electrons. The van der Waals surface area contributed by atoms with E-state index >= 15 is 0 Å². The van der Waals surface area contributed by atoms with Gasteiger partial charge in [-0.2, -0.15) is 0 Å². The second-order valence-corrected chi connectivity index (χ2v) is 5.45. The van der Waals surface area contributed by atoms with Crippen LogP contribution in [-0.2, 0) is 9.59 Å². The van der Waals surface area contributed by atoms with Crippen molar-refractivity contribution in [2.75, 3.05) is 18.0 Å². The summed E-state index contributed by atoms with van der Waals surface area (Å²) in [4.78, 5) is 27.8. The standard InChI is InChI=1S/C15H17FN2O2/c1-10-14(19)18(13-6-4-12(16)5-7-13)9-8-17(10)15(20)11-2-3-11/h4-7,10-11H,2-3,8-9H2,1H3. The lowest BCUT2D eigenvalue weighted by atomic mass is 10.1. The highest BCUT2D eigenvalue weighted by Gasteiger charge is 2.40. The van der Waals surface area contributed by atoms with Gasteiger partial charge in [0.2, 0.25) is 11.8 Å². The molecule has 1 unspecified atom stereocenters. The fourth-order valence-corrected chi connectivity index (χ4v) is 2.61. The molecule has 1 aliphatic carbocycles. The van der Waals surface area contributed by atoms with Crippen molar-refractivity contribution in [3.05, 3.63) is 30.1 Å². The Balaban J connectivity index is 1.76. The van der Waals surface area contributed by atoms with E-state index in [4.69, 9.17) is 0 Å². The highest BCUT2D eigenvalue weighted by molar-refractivity contribution is 6.00. The van der Waals surface area contributed by atoms with Gasteiger partial charge in [0.15, 0.2) is 0 Å². The molecule has 0 bridgehead atoms. The van der Waals surface area contributed by atoms with Crippen LogP contribution in [0.1, 0.15) is 19.8 Å². The van der Waals surface area contributed by atoms with E-state index in [0.717, 1.165) is 12.8 Å². The molecule has 2 aliphatic rings. The second kappa shape index (κ2) is 4.89. The van der Waals surface area contributed by atoms with E-state index in [1.807, 2.05) is 0 Å². The summed E-state index contributed by atoms with van der Waals surface area (Å²) in [7, 11) is 0. The number of carbonyl (C=O) groups excluding carboxylic acids is 2. The number of hydrogen-bond acceptors (Lipinski definition) is 2. The van der Waals surface area contributed by atoms with Crippen LogP contribution in [0, 0.1) is 11.7 Å². The van der Waals surface area contributed by atoms with E-state index in [9.17, 15) is 14.0 Å². The second-order valence-electron chi connectivity index (χ2n) is 5.45. The van der Waals surface area contributed by atoms with Crippen molar-refractivity contribution in [1.29, 1.82) is 0 Å². The van der Waals surface area contributed by atoms with Crippen LogP contribution in [0.2, 0.25) is 0 Å². The Kier molecular flexibility index (Phi) is 3.20. The number of hydrogen-bond donors (Lipinski definition) is 0. The summed E-state index contributed by atoms with van der Waals surface area (Å²) < 4.78 is 12.9. The monoisotopic (exact) mass is 276 g/mol. The van der Waals surface area contributed by atoms with Gasteiger partial charge in [0.1, 0.15) is 11.9 Å². The van der Waals surface area contributed by atoms with E-state index in [1.54, 1.807) is 28.9 Å². The summed E-state index contributed by atoms with van der Waals surface area (Å²) in [5, 5.41) is 0. The van der Waals surface area contributed by atoms with E-state index < -0.39 is 6.04 Å². The molecule has 1 aliphatic heterocycles. The Morgan fingerprint density at radius 1 is 1.20 bits per heavy atom. The van der Waals surface area contributed by atoms with Gasteiger partial charge in [-0.3, -0.25) is 9.59 Å². The summed E-state index contributed by atoms with van der Waals surface area (Å²) in [5.74, 6) is -0.194. The van der Waals surface area contributed by atoms with E-state index in [-0.39, 0.29) is 23.5 Å². The number of benzene rings is 1. The Labute approximate surface area is 117 Å². The third kappa shape index (κ3) is 2.28. The molecule has 0 aromatic heterocycles. The van der Waals surface area contributed by atoms with Crippen molar-refractivity contribution < 1.29 is 14.0 Å².